The molecule has 2 aromatic rings. The lowest BCUT2D eigenvalue weighted by Crippen LogP contribution is -2.48. The van der Waals surface area contributed by atoms with E-state index in [0.29, 0.717) is 17.1 Å². The molecule has 8 heteroatoms. The van der Waals surface area contributed by atoms with Crippen LogP contribution in [-0.4, -0.2) is 61.0 Å². The number of halogens is 1. The summed E-state index contributed by atoms with van der Waals surface area (Å²) in [4.78, 5) is 32.7. The molecule has 0 unspecified atom stereocenters. The molecule has 1 fully saturated rings. The van der Waals surface area contributed by atoms with Crippen LogP contribution in [0.25, 0.3) is 0 Å². The van der Waals surface area contributed by atoms with Crippen LogP contribution in [0.15, 0.2) is 42.6 Å². The van der Waals surface area contributed by atoms with Gasteiger partial charge in [0.25, 0.3) is 5.91 Å². The minimum Gasteiger partial charge on any atom is -0.354 e. The second-order valence-corrected chi connectivity index (χ2v) is 7.05. The van der Waals surface area contributed by atoms with Crippen LogP contribution >= 0.6 is 11.6 Å². The largest absolute Gasteiger partial charge is 0.354 e. The Morgan fingerprint density at radius 2 is 1.83 bits per heavy atom. The summed E-state index contributed by atoms with van der Waals surface area (Å²) in [6.07, 6.45) is 6.69. The Bertz CT molecular complexity index is 885. The first-order valence-corrected chi connectivity index (χ1v) is 9.63. The number of piperazine rings is 1. The summed E-state index contributed by atoms with van der Waals surface area (Å²) < 4.78 is 0. The van der Waals surface area contributed by atoms with Gasteiger partial charge in [0.05, 0.1) is 18.7 Å². The first kappa shape index (κ1) is 20.6. The van der Waals surface area contributed by atoms with Crippen LogP contribution < -0.4 is 15.5 Å². The van der Waals surface area contributed by atoms with Crippen LogP contribution in [0.4, 0.5) is 11.5 Å². The molecule has 150 valence electrons. The van der Waals surface area contributed by atoms with Crippen molar-refractivity contribution in [3.05, 3.63) is 53.2 Å². The Hall–Kier alpha value is -3.08. The highest BCUT2D eigenvalue weighted by molar-refractivity contribution is 6.30. The third-order valence-electron chi connectivity index (χ3n) is 4.55. The van der Waals surface area contributed by atoms with Gasteiger partial charge in [0.2, 0.25) is 5.91 Å². The predicted molar refractivity (Wildman–Crippen MR) is 114 cm³/mol. The van der Waals surface area contributed by atoms with Gasteiger partial charge in [0.1, 0.15) is 5.82 Å². The summed E-state index contributed by atoms with van der Waals surface area (Å²) in [6, 6.07) is 10.6. The minimum atomic E-state index is -0.237. The highest BCUT2D eigenvalue weighted by Crippen LogP contribution is 2.15. The standard InChI is InChI=1S/C21H22ClN5O2/c1-2-9-23-21(29)16-3-8-19(24-14-16)27-12-10-26(11-13-27)15-20(28)25-18-6-4-17(22)5-7-18/h1,3-8,14H,9-13,15H2,(H,23,29)(H,25,28). The maximum Gasteiger partial charge on any atom is 0.253 e. The van der Waals surface area contributed by atoms with E-state index in [1.165, 1.54) is 0 Å². The summed E-state index contributed by atoms with van der Waals surface area (Å²) in [5.41, 5.74) is 1.20. The lowest BCUT2D eigenvalue weighted by Gasteiger charge is -2.35. The molecule has 2 N–H and O–H groups in total. The number of nitrogens with one attached hydrogen (secondary N) is 2. The van der Waals surface area contributed by atoms with E-state index in [9.17, 15) is 9.59 Å². The van der Waals surface area contributed by atoms with Crippen molar-refractivity contribution in [3.63, 3.8) is 0 Å². The fourth-order valence-corrected chi connectivity index (χ4v) is 3.14. The molecule has 0 spiro atoms. The molecule has 3 rings (SSSR count). The Balaban J connectivity index is 1.46. The number of hydrogen-bond donors (Lipinski definition) is 2. The van der Waals surface area contributed by atoms with E-state index >= 15 is 0 Å². The van der Waals surface area contributed by atoms with Crippen molar-refractivity contribution in [3.8, 4) is 12.3 Å². The van der Waals surface area contributed by atoms with Crippen LogP contribution in [0.2, 0.25) is 5.02 Å². The van der Waals surface area contributed by atoms with E-state index in [4.69, 9.17) is 18.0 Å². The summed E-state index contributed by atoms with van der Waals surface area (Å²) >= 11 is 5.85. The summed E-state index contributed by atoms with van der Waals surface area (Å²) in [5, 5.41) is 6.12. The number of carbonyl (C=O) groups is 2. The van der Waals surface area contributed by atoms with Gasteiger partial charge in [0, 0.05) is 43.1 Å². The lowest BCUT2D eigenvalue weighted by atomic mass is 10.2. The average Bonchev–Trinajstić information content (AvgIpc) is 2.74. The number of amides is 2. The number of terminal acetylenes is 1. The van der Waals surface area contributed by atoms with Crippen molar-refractivity contribution in [2.24, 2.45) is 0 Å². The van der Waals surface area contributed by atoms with Crippen molar-refractivity contribution >= 4 is 34.9 Å². The molecule has 7 nitrogen and oxygen atoms in total. The molecular weight excluding hydrogens is 390 g/mol. The van der Waals surface area contributed by atoms with Crippen molar-refractivity contribution in [1.29, 1.82) is 0 Å². The smallest absolute Gasteiger partial charge is 0.253 e. The number of carbonyl (C=O) groups excluding carboxylic acids is 2. The molecule has 29 heavy (non-hydrogen) atoms. The molecule has 0 aliphatic carbocycles. The lowest BCUT2D eigenvalue weighted by molar-refractivity contribution is -0.117. The molecule has 1 saturated heterocycles. The van der Waals surface area contributed by atoms with Gasteiger partial charge in [-0.3, -0.25) is 14.5 Å². The van der Waals surface area contributed by atoms with E-state index in [0.717, 1.165) is 37.7 Å². The van der Waals surface area contributed by atoms with Crippen LogP contribution in [0.5, 0.6) is 0 Å². The molecule has 0 atom stereocenters. The highest BCUT2D eigenvalue weighted by Gasteiger charge is 2.20. The number of pyridine rings is 1. The quantitative estimate of drug-likeness (QED) is 0.709. The molecule has 1 aliphatic rings. The zero-order chi connectivity index (χ0) is 20.6. The third kappa shape index (κ3) is 5.95. The molecule has 1 aromatic carbocycles. The van der Waals surface area contributed by atoms with Gasteiger partial charge in [-0.25, -0.2) is 4.98 Å². The van der Waals surface area contributed by atoms with Gasteiger partial charge in [-0.05, 0) is 36.4 Å². The maximum absolute atomic E-state index is 12.2. The second-order valence-electron chi connectivity index (χ2n) is 6.61. The van der Waals surface area contributed by atoms with Crippen LogP contribution in [-0.2, 0) is 4.79 Å². The SMILES string of the molecule is C#CCNC(=O)c1ccc(N2CCN(CC(=O)Nc3ccc(Cl)cc3)CC2)nc1. The zero-order valence-corrected chi connectivity index (χ0v) is 16.7. The van der Waals surface area contributed by atoms with Crippen LogP contribution in [0.1, 0.15) is 10.4 Å². The van der Waals surface area contributed by atoms with Gasteiger partial charge in [-0.1, -0.05) is 17.5 Å². The minimum absolute atomic E-state index is 0.0544. The fourth-order valence-electron chi connectivity index (χ4n) is 3.01. The van der Waals surface area contributed by atoms with Gasteiger partial charge < -0.3 is 15.5 Å². The first-order chi connectivity index (χ1) is 14.0. The second kappa shape index (κ2) is 9.92. The molecule has 0 saturated carbocycles. The topological polar surface area (TPSA) is 77.6 Å². The summed E-state index contributed by atoms with van der Waals surface area (Å²) in [7, 11) is 0. The van der Waals surface area contributed by atoms with E-state index in [1.807, 2.05) is 6.07 Å². The molecule has 2 heterocycles. The van der Waals surface area contributed by atoms with E-state index < -0.39 is 0 Å². The van der Waals surface area contributed by atoms with Crippen molar-refractivity contribution in [1.82, 2.24) is 15.2 Å². The van der Waals surface area contributed by atoms with E-state index in [-0.39, 0.29) is 18.4 Å². The Labute approximate surface area is 175 Å². The number of anilines is 2. The highest BCUT2D eigenvalue weighted by atomic mass is 35.5. The summed E-state index contributed by atoms with van der Waals surface area (Å²) in [5.74, 6) is 2.88. The third-order valence-corrected chi connectivity index (χ3v) is 4.80. The first-order valence-electron chi connectivity index (χ1n) is 9.25. The van der Waals surface area contributed by atoms with Crippen LogP contribution in [0.3, 0.4) is 0 Å². The van der Waals surface area contributed by atoms with Crippen LogP contribution in [0, 0.1) is 12.3 Å². The number of nitrogens with zero attached hydrogens (tertiary/aromatic N) is 3. The molecule has 0 bridgehead atoms. The number of rotatable bonds is 6. The van der Waals surface area contributed by atoms with Gasteiger partial charge >= 0.3 is 0 Å². The average molecular weight is 412 g/mol. The molecular formula is C21H22ClN5O2. The Morgan fingerprint density at radius 1 is 1.10 bits per heavy atom. The van der Waals surface area contributed by atoms with Gasteiger partial charge in [-0.2, -0.15) is 0 Å². The normalized spacial score (nSPS) is 14.1. The Kier molecular flexibility index (Phi) is 7.06. The molecule has 2 amide bonds. The maximum atomic E-state index is 12.2. The van der Waals surface area contributed by atoms with Crippen molar-refractivity contribution in [2.45, 2.75) is 0 Å². The number of hydrogen-bond acceptors (Lipinski definition) is 5. The van der Waals surface area contributed by atoms with E-state index in [1.54, 1.807) is 36.5 Å². The summed E-state index contributed by atoms with van der Waals surface area (Å²) in [6.45, 7) is 3.53. The molecule has 0 radical (unpaired) electrons. The van der Waals surface area contributed by atoms with Crippen molar-refractivity contribution in [2.75, 3.05) is 49.5 Å². The molecule has 1 aromatic heterocycles. The number of aromatic nitrogens is 1. The predicted octanol–water partition coefficient (Wildman–Crippen LogP) is 1.86. The van der Waals surface area contributed by atoms with Crippen molar-refractivity contribution < 1.29 is 9.59 Å². The fraction of sp³-hybridized carbons (Fsp3) is 0.286. The van der Waals surface area contributed by atoms with Gasteiger partial charge in [-0.15, -0.1) is 6.42 Å². The van der Waals surface area contributed by atoms with E-state index in [2.05, 4.69) is 31.3 Å². The number of benzene rings is 1. The zero-order valence-electron chi connectivity index (χ0n) is 15.9. The Morgan fingerprint density at radius 3 is 2.45 bits per heavy atom. The monoisotopic (exact) mass is 411 g/mol. The van der Waals surface area contributed by atoms with Gasteiger partial charge in [0.15, 0.2) is 0 Å². The molecule has 1 aliphatic heterocycles.